The lowest BCUT2D eigenvalue weighted by atomic mass is 9.85. The Morgan fingerprint density at radius 2 is 1.74 bits per heavy atom. The molecule has 4 aliphatic rings. The number of halogens is 1. The SMILES string of the molecule is CCNC(=NCCCN1CCC(O)CC1)NCCN1C(=O)C2C3C=CC(C3)C2C1=O.I. The van der Waals surface area contributed by atoms with Crippen molar-refractivity contribution < 1.29 is 14.7 Å². The summed E-state index contributed by atoms with van der Waals surface area (Å²) < 4.78 is 0. The topological polar surface area (TPSA) is 97.3 Å². The first-order chi connectivity index (χ1) is 14.6. The number of carbonyl (C=O) groups excluding carboxylic acids is 2. The molecule has 2 bridgehead atoms. The van der Waals surface area contributed by atoms with Gasteiger partial charge >= 0.3 is 0 Å². The molecule has 0 aromatic carbocycles. The van der Waals surface area contributed by atoms with Crippen LogP contribution in [-0.2, 0) is 9.59 Å². The van der Waals surface area contributed by atoms with Gasteiger partial charge in [-0.2, -0.15) is 0 Å². The van der Waals surface area contributed by atoms with E-state index in [1.807, 2.05) is 6.92 Å². The molecule has 31 heavy (non-hydrogen) atoms. The summed E-state index contributed by atoms with van der Waals surface area (Å²) in [4.78, 5) is 34.0. The number of nitrogens with one attached hydrogen (secondary N) is 2. The van der Waals surface area contributed by atoms with Crippen molar-refractivity contribution in [2.45, 2.75) is 38.7 Å². The molecule has 4 atom stereocenters. The van der Waals surface area contributed by atoms with Crippen LogP contribution in [0.15, 0.2) is 17.1 Å². The van der Waals surface area contributed by atoms with Gasteiger partial charge in [-0.3, -0.25) is 19.5 Å². The molecule has 0 aromatic rings. The molecule has 2 aliphatic carbocycles. The number of piperidine rings is 1. The highest BCUT2D eigenvalue weighted by molar-refractivity contribution is 14.0. The predicted octanol–water partition coefficient (Wildman–Crippen LogP) is 0.813. The summed E-state index contributed by atoms with van der Waals surface area (Å²) in [5, 5.41) is 16.1. The number of hydrogen-bond acceptors (Lipinski definition) is 5. The molecule has 2 aliphatic heterocycles. The summed E-state index contributed by atoms with van der Waals surface area (Å²) in [5.74, 6) is 1.03. The lowest BCUT2D eigenvalue weighted by molar-refractivity contribution is -0.140. The number of imide groups is 1. The number of fused-ring (bicyclic) bond motifs is 5. The maximum absolute atomic E-state index is 12.7. The largest absolute Gasteiger partial charge is 0.393 e. The van der Waals surface area contributed by atoms with Gasteiger partial charge in [0.15, 0.2) is 5.96 Å². The highest BCUT2D eigenvalue weighted by atomic mass is 127. The Bertz CT molecular complexity index is 677. The first-order valence-corrected chi connectivity index (χ1v) is 11.5. The number of aliphatic hydroxyl groups excluding tert-OH is 1. The van der Waals surface area contributed by atoms with E-state index in [-0.39, 0.29) is 65.6 Å². The van der Waals surface area contributed by atoms with Gasteiger partial charge in [-0.25, -0.2) is 0 Å². The third kappa shape index (κ3) is 5.42. The minimum absolute atomic E-state index is 0. The molecular weight excluding hydrogens is 509 g/mol. The Morgan fingerprint density at radius 3 is 2.35 bits per heavy atom. The van der Waals surface area contributed by atoms with Crippen molar-refractivity contribution in [1.82, 2.24) is 20.4 Å². The van der Waals surface area contributed by atoms with Gasteiger partial charge in [-0.15, -0.1) is 24.0 Å². The van der Waals surface area contributed by atoms with Crippen molar-refractivity contribution in [2.24, 2.45) is 28.7 Å². The number of guanidine groups is 1. The first kappa shape index (κ1) is 24.4. The van der Waals surface area contributed by atoms with Crippen LogP contribution in [0.3, 0.4) is 0 Å². The van der Waals surface area contributed by atoms with E-state index >= 15 is 0 Å². The number of nitrogens with zero attached hydrogens (tertiary/aromatic N) is 3. The van der Waals surface area contributed by atoms with E-state index in [1.54, 1.807) is 0 Å². The number of rotatable bonds is 8. The normalized spacial score (nSPS) is 30.6. The minimum Gasteiger partial charge on any atom is -0.393 e. The van der Waals surface area contributed by atoms with Crippen LogP contribution in [0.5, 0.6) is 0 Å². The fraction of sp³-hybridized carbons (Fsp3) is 0.773. The molecule has 2 heterocycles. The van der Waals surface area contributed by atoms with Gasteiger partial charge in [0.1, 0.15) is 0 Å². The lowest BCUT2D eigenvalue weighted by Crippen LogP contribution is -2.43. The molecule has 0 radical (unpaired) electrons. The Balaban J connectivity index is 0.00000272. The van der Waals surface area contributed by atoms with Crippen molar-refractivity contribution in [1.29, 1.82) is 0 Å². The van der Waals surface area contributed by atoms with E-state index in [0.717, 1.165) is 64.4 Å². The van der Waals surface area contributed by atoms with E-state index in [4.69, 9.17) is 0 Å². The van der Waals surface area contributed by atoms with E-state index in [2.05, 4.69) is 32.7 Å². The second-order valence-corrected chi connectivity index (χ2v) is 8.94. The van der Waals surface area contributed by atoms with Crippen LogP contribution in [0.2, 0.25) is 0 Å². The van der Waals surface area contributed by atoms with E-state index < -0.39 is 0 Å². The zero-order valence-corrected chi connectivity index (χ0v) is 20.7. The molecule has 9 heteroatoms. The second kappa shape index (κ2) is 11.1. The monoisotopic (exact) mass is 545 g/mol. The van der Waals surface area contributed by atoms with Gasteiger partial charge in [0.2, 0.25) is 11.8 Å². The summed E-state index contributed by atoms with van der Waals surface area (Å²) in [6, 6.07) is 0. The van der Waals surface area contributed by atoms with Crippen molar-refractivity contribution in [3.8, 4) is 0 Å². The molecule has 0 aromatic heterocycles. The van der Waals surface area contributed by atoms with Gasteiger partial charge < -0.3 is 20.6 Å². The number of amides is 2. The summed E-state index contributed by atoms with van der Waals surface area (Å²) in [6.07, 6.45) is 7.77. The van der Waals surface area contributed by atoms with Crippen LogP contribution in [0.1, 0.15) is 32.6 Å². The zero-order valence-electron chi connectivity index (χ0n) is 18.3. The van der Waals surface area contributed by atoms with Crippen LogP contribution in [0.25, 0.3) is 0 Å². The average molecular weight is 545 g/mol. The molecule has 3 fully saturated rings. The molecule has 2 amide bonds. The van der Waals surface area contributed by atoms with E-state index in [9.17, 15) is 14.7 Å². The number of allylic oxidation sites excluding steroid dienone is 2. The Morgan fingerprint density at radius 1 is 1.10 bits per heavy atom. The standard InChI is InChI=1S/C22H35N5O3.HI/c1-2-23-22(24-8-3-10-26-11-6-17(28)7-12-26)25-9-13-27-20(29)18-15-4-5-16(14-15)19(18)21(27)30;/h4-5,15-19,28H,2-3,6-14H2,1H3,(H2,23,24,25);1H. The number of carbonyl (C=O) groups is 2. The van der Waals surface area contributed by atoms with E-state index in [1.165, 1.54) is 4.90 Å². The summed E-state index contributed by atoms with van der Waals surface area (Å²) in [7, 11) is 0. The Hall–Kier alpha value is -1.20. The Kier molecular flexibility index (Phi) is 8.74. The second-order valence-electron chi connectivity index (χ2n) is 8.94. The molecule has 8 nitrogen and oxygen atoms in total. The summed E-state index contributed by atoms with van der Waals surface area (Å²) in [6.45, 7) is 7.31. The molecule has 3 N–H and O–H groups in total. The number of likely N-dealkylation sites (tertiary alicyclic amines) is 2. The molecule has 174 valence electrons. The highest BCUT2D eigenvalue weighted by Crippen LogP contribution is 2.52. The van der Waals surface area contributed by atoms with Gasteiger partial charge in [-0.1, -0.05) is 12.2 Å². The predicted molar refractivity (Wildman–Crippen MR) is 130 cm³/mol. The molecule has 4 rings (SSSR count). The highest BCUT2D eigenvalue weighted by Gasteiger charge is 2.58. The van der Waals surface area contributed by atoms with Crippen LogP contribution in [0, 0.1) is 23.7 Å². The van der Waals surface area contributed by atoms with Gasteiger partial charge in [-0.05, 0) is 51.0 Å². The molecule has 1 saturated carbocycles. The van der Waals surface area contributed by atoms with Crippen LogP contribution < -0.4 is 10.6 Å². The van der Waals surface area contributed by atoms with Crippen LogP contribution >= 0.6 is 24.0 Å². The average Bonchev–Trinajstić information content (AvgIpc) is 3.42. The van der Waals surface area contributed by atoms with Crippen molar-refractivity contribution in [3.05, 3.63) is 12.2 Å². The first-order valence-electron chi connectivity index (χ1n) is 11.5. The Labute approximate surface area is 201 Å². The third-order valence-corrected chi connectivity index (χ3v) is 6.99. The number of aliphatic imine (C=N–C) groups is 1. The smallest absolute Gasteiger partial charge is 0.233 e. The summed E-state index contributed by atoms with van der Waals surface area (Å²) >= 11 is 0. The van der Waals surface area contributed by atoms with Crippen molar-refractivity contribution >= 4 is 41.8 Å². The fourth-order valence-corrected chi connectivity index (χ4v) is 5.44. The van der Waals surface area contributed by atoms with Crippen molar-refractivity contribution in [3.63, 3.8) is 0 Å². The lowest BCUT2D eigenvalue weighted by Gasteiger charge is -2.29. The molecule has 2 saturated heterocycles. The van der Waals surface area contributed by atoms with Gasteiger partial charge in [0, 0.05) is 39.3 Å². The number of hydrogen-bond donors (Lipinski definition) is 3. The maximum atomic E-state index is 12.7. The van der Waals surface area contributed by atoms with E-state index in [0.29, 0.717) is 13.1 Å². The quantitative estimate of drug-likeness (QED) is 0.104. The van der Waals surface area contributed by atoms with Crippen LogP contribution in [0.4, 0.5) is 0 Å². The maximum Gasteiger partial charge on any atom is 0.233 e. The van der Waals surface area contributed by atoms with Gasteiger partial charge in [0.05, 0.1) is 17.9 Å². The molecule has 0 spiro atoms. The summed E-state index contributed by atoms with van der Waals surface area (Å²) in [5.41, 5.74) is 0. The van der Waals surface area contributed by atoms with Crippen molar-refractivity contribution in [2.75, 3.05) is 45.8 Å². The number of aliphatic hydroxyl groups is 1. The zero-order chi connectivity index (χ0) is 21.1. The van der Waals surface area contributed by atoms with Crippen LogP contribution in [-0.4, -0.2) is 84.6 Å². The third-order valence-electron chi connectivity index (χ3n) is 6.99. The minimum atomic E-state index is -0.135. The molecular formula is C22H36IN5O3. The van der Waals surface area contributed by atoms with Gasteiger partial charge in [0.25, 0.3) is 0 Å². The molecule has 4 unspecified atom stereocenters. The fourth-order valence-electron chi connectivity index (χ4n) is 5.44.